The molecule has 0 spiro atoms. The van der Waals surface area contributed by atoms with Crippen molar-refractivity contribution in [1.82, 2.24) is 10.6 Å². The van der Waals surface area contributed by atoms with E-state index >= 15 is 0 Å². The lowest BCUT2D eigenvalue weighted by Crippen LogP contribution is -2.41. The molecule has 2 atom stereocenters. The van der Waals surface area contributed by atoms with Gasteiger partial charge in [-0.05, 0) is 24.6 Å². The summed E-state index contributed by atoms with van der Waals surface area (Å²) in [5.41, 5.74) is 0.798. The van der Waals surface area contributed by atoms with Crippen LogP contribution in [0.5, 0.6) is 11.5 Å². The molecule has 2 unspecified atom stereocenters. The molecule has 2 aliphatic rings. The van der Waals surface area contributed by atoms with Gasteiger partial charge in [0, 0.05) is 10.9 Å². The summed E-state index contributed by atoms with van der Waals surface area (Å²) in [6, 6.07) is 2.35. The van der Waals surface area contributed by atoms with Gasteiger partial charge >= 0.3 is 0 Å². The summed E-state index contributed by atoms with van der Waals surface area (Å²) < 4.78 is 38.2. The van der Waals surface area contributed by atoms with Crippen LogP contribution in [0, 0.1) is 0 Å². The largest absolute Gasteiger partial charge is 0.486 e. The first-order valence-corrected chi connectivity index (χ1v) is 8.16. The van der Waals surface area contributed by atoms with E-state index in [2.05, 4.69) is 26.6 Å². The lowest BCUT2D eigenvalue weighted by Gasteiger charge is -2.23. The second-order valence-corrected chi connectivity index (χ2v) is 6.60. The average Bonchev–Trinajstić information content (AvgIpc) is 2.86. The second-order valence-electron chi connectivity index (χ2n) is 5.74. The van der Waals surface area contributed by atoms with Crippen molar-refractivity contribution in [3.63, 3.8) is 0 Å². The topological polar surface area (TPSA) is 59.6 Å². The summed E-state index contributed by atoms with van der Waals surface area (Å²) in [6.45, 7) is 2.29. The van der Waals surface area contributed by atoms with Crippen LogP contribution < -0.4 is 20.1 Å². The predicted octanol–water partition coefficient (Wildman–Crippen LogP) is 2.82. The number of rotatable bonds is 3. The summed E-state index contributed by atoms with van der Waals surface area (Å²) in [7, 11) is 0. The molecule has 0 radical (unpaired) electrons. The van der Waals surface area contributed by atoms with Crippen LogP contribution in [0.2, 0.25) is 0 Å². The van der Waals surface area contributed by atoms with E-state index in [0.717, 1.165) is 10.0 Å². The molecule has 24 heavy (non-hydrogen) atoms. The van der Waals surface area contributed by atoms with E-state index in [9.17, 15) is 13.6 Å². The molecule has 1 aromatic carbocycles. The summed E-state index contributed by atoms with van der Waals surface area (Å²) in [5.74, 6) is -2.01. The Hall–Kier alpha value is -1.12. The van der Waals surface area contributed by atoms with Crippen LogP contribution in [0.4, 0.5) is 8.78 Å². The maximum atomic E-state index is 13.2. The van der Waals surface area contributed by atoms with Crippen LogP contribution in [0.3, 0.4) is 0 Å². The highest BCUT2D eigenvalue weighted by Gasteiger charge is 2.42. The van der Waals surface area contributed by atoms with Crippen molar-refractivity contribution in [1.29, 1.82) is 0 Å². The van der Waals surface area contributed by atoms with Crippen LogP contribution in [-0.2, 0) is 4.79 Å². The van der Waals surface area contributed by atoms with Gasteiger partial charge in [0.25, 0.3) is 5.92 Å². The molecule has 9 heteroatoms. The third kappa shape index (κ3) is 4.10. The Bertz CT molecular complexity index is 633. The number of nitrogens with one attached hydrogen (secondary N) is 2. The summed E-state index contributed by atoms with van der Waals surface area (Å²) in [5, 5.41) is 5.31. The molecule has 1 saturated heterocycles. The first kappa shape index (κ1) is 19.2. The van der Waals surface area contributed by atoms with Gasteiger partial charge in [0.1, 0.15) is 13.2 Å². The Morgan fingerprint density at radius 1 is 1.38 bits per heavy atom. The highest BCUT2D eigenvalue weighted by molar-refractivity contribution is 9.10. The predicted molar refractivity (Wildman–Crippen MR) is 90.3 cm³/mol. The molecule has 1 aromatic rings. The minimum absolute atomic E-state index is 0. The van der Waals surface area contributed by atoms with E-state index in [4.69, 9.17) is 9.47 Å². The quantitative estimate of drug-likeness (QED) is 0.779. The van der Waals surface area contributed by atoms with E-state index in [1.165, 1.54) is 0 Å². The molecule has 2 N–H and O–H groups in total. The summed E-state index contributed by atoms with van der Waals surface area (Å²) >= 11 is 3.45. The number of ether oxygens (including phenoxy) is 2. The average molecular weight is 428 g/mol. The molecule has 134 valence electrons. The van der Waals surface area contributed by atoms with Gasteiger partial charge in [0.05, 0.1) is 18.6 Å². The first-order chi connectivity index (χ1) is 10.9. The van der Waals surface area contributed by atoms with E-state index < -0.39 is 30.8 Å². The number of amides is 1. The van der Waals surface area contributed by atoms with Crippen LogP contribution in [0.1, 0.15) is 24.9 Å². The van der Waals surface area contributed by atoms with Crippen molar-refractivity contribution in [2.75, 3.05) is 19.8 Å². The highest BCUT2D eigenvalue weighted by atomic mass is 79.9. The van der Waals surface area contributed by atoms with E-state index in [-0.39, 0.29) is 18.4 Å². The standard InChI is InChI=1S/C15H17BrF2N2O3.ClH/c1-8(20-14(21)11-6-15(17,18)7-19-11)9-4-12-13(5-10(9)16)23-3-2-22-12;/h4-5,8,11,19H,2-3,6-7H2,1H3,(H,20,21);1H. The Labute approximate surface area is 153 Å². The fraction of sp³-hybridized carbons (Fsp3) is 0.533. The maximum absolute atomic E-state index is 13.2. The zero-order chi connectivity index (χ0) is 16.6. The Morgan fingerprint density at radius 3 is 2.58 bits per heavy atom. The molecule has 1 amide bonds. The Kier molecular flexibility index (Phi) is 5.93. The van der Waals surface area contributed by atoms with Gasteiger partial charge in [-0.15, -0.1) is 12.4 Å². The number of halogens is 4. The van der Waals surface area contributed by atoms with Gasteiger partial charge in [-0.3, -0.25) is 10.1 Å². The summed E-state index contributed by atoms with van der Waals surface area (Å²) in [4.78, 5) is 12.1. The molecule has 2 aliphatic heterocycles. The number of fused-ring (bicyclic) bond motifs is 1. The van der Waals surface area contributed by atoms with E-state index in [1.807, 2.05) is 0 Å². The Morgan fingerprint density at radius 2 is 2.00 bits per heavy atom. The van der Waals surface area contributed by atoms with Crippen molar-refractivity contribution >= 4 is 34.2 Å². The van der Waals surface area contributed by atoms with Crippen LogP contribution in [-0.4, -0.2) is 37.6 Å². The monoisotopic (exact) mass is 426 g/mol. The fourth-order valence-electron chi connectivity index (χ4n) is 2.70. The second kappa shape index (κ2) is 7.41. The lowest BCUT2D eigenvalue weighted by molar-refractivity contribution is -0.124. The molecule has 0 saturated carbocycles. The van der Waals surface area contributed by atoms with Gasteiger partial charge in [0.2, 0.25) is 5.91 Å². The fourth-order valence-corrected chi connectivity index (χ4v) is 3.37. The molecule has 0 aliphatic carbocycles. The van der Waals surface area contributed by atoms with Gasteiger partial charge in [0.15, 0.2) is 11.5 Å². The number of carbonyl (C=O) groups is 1. The minimum atomic E-state index is -2.83. The van der Waals surface area contributed by atoms with Gasteiger partial charge in [-0.2, -0.15) is 0 Å². The molecule has 0 aromatic heterocycles. The number of alkyl halides is 2. The van der Waals surface area contributed by atoms with E-state index in [1.54, 1.807) is 19.1 Å². The smallest absolute Gasteiger partial charge is 0.262 e. The van der Waals surface area contributed by atoms with E-state index in [0.29, 0.717) is 24.7 Å². The first-order valence-electron chi connectivity index (χ1n) is 7.36. The zero-order valence-corrected chi connectivity index (χ0v) is 15.3. The molecule has 2 heterocycles. The third-order valence-electron chi connectivity index (χ3n) is 3.91. The van der Waals surface area contributed by atoms with Crippen LogP contribution in [0.15, 0.2) is 16.6 Å². The molecule has 5 nitrogen and oxygen atoms in total. The summed E-state index contributed by atoms with van der Waals surface area (Å²) in [6.07, 6.45) is -0.478. The van der Waals surface area contributed by atoms with Gasteiger partial charge in [-0.1, -0.05) is 15.9 Å². The normalized spacial score (nSPS) is 22.4. The Balaban J connectivity index is 0.00000208. The lowest BCUT2D eigenvalue weighted by atomic mass is 10.1. The van der Waals surface area contributed by atoms with Gasteiger partial charge < -0.3 is 14.8 Å². The highest BCUT2D eigenvalue weighted by Crippen LogP contribution is 2.38. The van der Waals surface area contributed by atoms with Crippen molar-refractivity contribution in [2.24, 2.45) is 0 Å². The molecule has 3 rings (SSSR count). The maximum Gasteiger partial charge on any atom is 0.262 e. The molecular weight excluding hydrogens is 410 g/mol. The van der Waals surface area contributed by atoms with Crippen molar-refractivity contribution < 1.29 is 23.0 Å². The number of benzene rings is 1. The third-order valence-corrected chi connectivity index (χ3v) is 4.60. The van der Waals surface area contributed by atoms with Crippen LogP contribution >= 0.6 is 28.3 Å². The van der Waals surface area contributed by atoms with Gasteiger partial charge in [-0.25, -0.2) is 8.78 Å². The van der Waals surface area contributed by atoms with Crippen molar-refractivity contribution in [3.8, 4) is 11.5 Å². The minimum Gasteiger partial charge on any atom is -0.486 e. The zero-order valence-electron chi connectivity index (χ0n) is 12.9. The van der Waals surface area contributed by atoms with Crippen LogP contribution in [0.25, 0.3) is 0 Å². The van der Waals surface area contributed by atoms with Crippen molar-refractivity contribution in [2.45, 2.75) is 31.4 Å². The number of carbonyl (C=O) groups excluding carboxylic acids is 1. The number of hydrogen-bond donors (Lipinski definition) is 2. The molecule has 0 bridgehead atoms. The van der Waals surface area contributed by atoms with Crippen molar-refractivity contribution in [3.05, 3.63) is 22.2 Å². The molecule has 1 fully saturated rings. The SMILES string of the molecule is CC(NC(=O)C1CC(F)(F)CN1)c1cc2c(cc1Br)OCCO2.Cl. The number of hydrogen-bond acceptors (Lipinski definition) is 4. The molecular formula is C15H18BrClF2N2O3.